The van der Waals surface area contributed by atoms with Crippen LogP contribution in [0.1, 0.15) is 13.3 Å². The van der Waals surface area contributed by atoms with Crippen molar-refractivity contribution < 1.29 is 0 Å². The van der Waals surface area contributed by atoms with Gasteiger partial charge in [-0.15, -0.1) is 12.4 Å². The van der Waals surface area contributed by atoms with Crippen LogP contribution in [0.5, 0.6) is 0 Å². The summed E-state index contributed by atoms with van der Waals surface area (Å²) >= 11 is 4.12. The van der Waals surface area contributed by atoms with E-state index in [-0.39, 0.29) is 12.4 Å². The zero-order valence-electron chi connectivity index (χ0n) is 4.64. The summed E-state index contributed by atoms with van der Waals surface area (Å²) in [6, 6.07) is 0. The van der Waals surface area contributed by atoms with E-state index in [4.69, 9.17) is 0 Å². The van der Waals surface area contributed by atoms with Gasteiger partial charge in [-0.1, -0.05) is 6.92 Å². The molecule has 1 unspecified atom stereocenters. The molecule has 1 N–H and O–H groups in total. The van der Waals surface area contributed by atoms with Crippen LogP contribution in [0.3, 0.4) is 0 Å². The molecule has 1 atom stereocenters. The topological polar surface area (TPSA) is 12.0 Å². The van der Waals surface area contributed by atoms with Gasteiger partial charge in [-0.05, 0) is 13.5 Å². The average Bonchev–Trinajstić information content (AvgIpc) is 1.65. The molecule has 0 amide bonds. The molecule has 3 heteroatoms. The summed E-state index contributed by atoms with van der Waals surface area (Å²) in [6.45, 7) is 2.09. The fourth-order valence-electron chi connectivity index (χ4n) is 0.204. The Hall–Kier alpha value is 0.600. The van der Waals surface area contributed by atoms with Crippen molar-refractivity contribution in [1.82, 2.24) is 5.32 Å². The van der Waals surface area contributed by atoms with Crippen LogP contribution in [0.4, 0.5) is 0 Å². The second-order valence-corrected chi connectivity index (χ2v) is 1.84. The highest BCUT2D eigenvalue weighted by Gasteiger charge is 1.87. The Labute approximate surface area is 56.7 Å². The zero-order chi connectivity index (χ0) is 4.99. The fourth-order valence-corrected chi connectivity index (χ4v) is 0.204. The van der Waals surface area contributed by atoms with Crippen molar-refractivity contribution in [3.63, 3.8) is 0 Å². The van der Waals surface area contributed by atoms with E-state index in [0.717, 1.165) is 6.42 Å². The maximum absolute atomic E-state index is 4.12. The summed E-state index contributed by atoms with van der Waals surface area (Å²) in [7, 11) is 1.90. The van der Waals surface area contributed by atoms with Gasteiger partial charge in [0.25, 0.3) is 0 Å². The Bertz CT molecular complexity index is 30.9. The highest BCUT2D eigenvalue weighted by atomic mass is 35.5. The van der Waals surface area contributed by atoms with Crippen molar-refractivity contribution in [1.29, 1.82) is 0 Å². The van der Waals surface area contributed by atoms with Crippen LogP contribution in [-0.4, -0.2) is 12.4 Å². The molecule has 0 bridgehead atoms. The van der Waals surface area contributed by atoms with Crippen molar-refractivity contribution in [2.45, 2.75) is 18.7 Å². The quantitative estimate of drug-likeness (QED) is 0.437. The second-order valence-electron chi connectivity index (χ2n) is 1.21. The molecule has 0 spiro atoms. The lowest BCUT2D eigenvalue weighted by atomic mass is 10.5. The predicted octanol–water partition coefficient (Wildman–Crippen LogP) is 1.29. The van der Waals surface area contributed by atoms with Crippen molar-refractivity contribution in [3.8, 4) is 0 Å². The third-order valence-corrected chi connectivity index (χ3v) is 1.34. The summed E-state index contributed by atoms with van der Waals surface area (Å²) in [6.07, 6.45) is 1.08. The van der Waals surface area contributed by atoms with Crippen LogP contribution in [0.2, 0.25) is 0 Å². The highest BCUT2D eigenvalue weighted by Crippen LogP contribution is 1.90. The van der Waals surface area contributed by atoms with Gasteiger partial charge >= 0.3 is 0 Å². The van der Waals surface area contributed by atoms with Gasteiger partial charge in [0.15, 0.2) is 0 Å². The molecule has 0 aliphatic rings. The Balaban J connectivity index is 0. The maximum atomic E-state index is 4.12. The Kier molecular flexibility index (Phi) is 9.95. The van der Waals surface area contributed by atoms with Gasteiger partial charge in [0.05, 0.1) is 0 Å². The van der Waals surface area contributed by atoms with Gasteiger partial charge in [0.1, 0.15) is 0 Å². The first-order chi connectivity index (χ1) is 2.81. The number of hydrogen-bond donors (Lipinski definition) is 2. The van der Waals surface area contributed by atoms with Crippen molar-refractivity contribution >= 4 is 25.0 Å². The molecule has 0 aromatic heterocycles. The van der Waals surface area contributed by atoms with Gasteiger partial charge in [-0.2, -0.15) is 12.6 Å². The Morgan fingerprint density at radius 2 is 2.14 bits per heavy atom. The van der Waals surface area contributed by atoms with Crippen molar-refractivity contribution in [2.75, 3.05) is 7.05 Å². The molecule has 0 aliphatic carbocycles. The third-order valence-electron chi connectivity index (χ3n) is 0.720. The van der Waals surface area contributed by atoms with E-state index in [1.165, 1.54) is 0 Å². The lowest BCUT2D eigenvalue weighted by Gasteiger charge is -2.01. The summed E-state index contributed by atoms with van der Waals surface area (Å²) in [5.74, 6) is 0. The largest absolute Gasteiger partial charge is 0.309 e. The molecule has 7 heavy (non-hydrogen) atoms. The van der Waals surface area contributed by atoms with E-state index in [0.29, 0.717) is 5.37 Å². The summed E-state index contributed by atoms with van der Waals surface area (Å²) in [4.78, 5) is 0. The highest BCUT2D eigenvalue weighted by molar-refractivity contribution is 7.80. The monoisotopic (exact) mass is 141 g/mol. The van der Waals surface area contributed by atoms with Crippen LogP contribution in [0.15, 0.2) is 0 Å². The van der Waals surface area contributed by atoms with Gasteiger partial charge in [-0.25, -0.2) is 0 Å². The SMILES string of the molecule is CCC(S)NC.Cl. The molecule has 1 nitrogen and oxygen atoms in total. The van der Waals surface area contributed by atoms with Crippen molar-refractivity contribution in [2.24, 2.45) is 0 Å². The molecule has 0 fully saturated rings. The van der Waals surface area contributed by atoms with Crippen LogP contribution in [-0.2, 0) is 0 Å². The first kappa shape index (κ1) is 10.6. The second kappa shape index (κ2) is 6.60. The standard InChI is InChI=1S/C4H11NS.ClH/c1-3-4(6)5-2;/h4-6H,3H2,1-2H3;1H. The maximum Gasteiger partial charge on any atom is 0.0497 e. The van der Waals surface area contributed by atoms with Gasteiger partial charge in [0.2, 0.25) is 0 Å². The molecule has 0 rings (SSSR count). The molecule has 0 saturated heterocycles. The Morgan fingerprint density at radius 3 is 2.14 bits per heavy atom. The number of thiol groups is 1. The van der Waals surface area contributed by atoms with E-state index in [9.17, 15) is 0 Å². The minimum absolute atomic E-state index is 0. The lowest BCUT2D eigenvalue weighted by Crippen LogP contribution is -2.16. The van der Waals surface area contributed by atoms with Crippen LogP contribution >= 0.6 is 25.0 Å². The minimum atomic E-state index is 0. The third kappa shape index (κ3) is 6.60. The summed E-state index contributed by atoms with van der Waals surface area (Å²) in [5.41, 5.74) is 0. The van der Waals surface area contributed by atoms with Crippen LogP contribution in [0.25, 0.3) is 0 Å². The number of hydrogen-bond acceptors (Lipinski definition) is 2. The first-order valence-corrected chi connectivity index (χ1v) is 2.68. The molecule has 0 aromatic carbocycles. The number of nitrogens with one attached hydrogen (secondary N) is 1. The molecular weight excluding hydrogens is 130 g/mol. The van der Waals surface area contributed by atoms with E-state index in [1.807, 2.05) is 7.05 Å². The van der Waals surface area contributed by atoms with E-state index in [2.05, 4.69) is 24.9 Å². The van der Waals surface area contributed by atoms with E-state index < -0.39 is 0 Å². The summed E-state index contributed by atoms with van der Waals surface area (Å²) < 4.78 is 0. The van der Waals surface area contributed by atoms with E-state index in [1.54, 1.807) is 0 Å². The van der Waals surface area contributed by atoms with Gasteiger partial charge in [-0.3, -0.25) is 0 Å². The average molecular weight is 142 g/mol. The normalized spacial score (nSPS) is 12.4. The first-order valence-electron chi connectivity index (χ1n) is 2.16. The number of halogens is 1. The Morgan fingerprint density at radius 1 is 1.71 bits per heavy atom. The minimum Gasteiger partial charge on any atom is -0.309 e. The molecular formula is C4H12ClNS. The molecule has 0 radical (unpaired) electrons. The zero-order valence-corrected chi connectivity index (χ0v) is 6.35. The van der Waals surface area contributed by atoms with Crippen LogP contribution in [0, 0.1) is 0 Å². The lowest BCUT2D eigenvalue weighted by molar-refractivity contribution is 0.723. The number of rotatable bonds is 2. The van der Waals surface area contributed by atoms with Crippen molar-refractivity contribution in [3.05, 3.63) is 0 Å². The van der Waals surface area contributed by atoms with Gasteiger partial charge in [0, 0.05) is 5.37 Å². The molecule has 0 aliphatic heterocycles. The predicted molar refractivity (Wildman–Crippen MR) is 39.4 cm³/mol. The fraction of sp³-hybridized carbons (Fsp3) is 1.00. The smallest absolute Gasteiger partial charge is 0.0497 e. The van der Waals surface area contributed by atoms with E-state index >= 15 is 0 Å². The molecule has 0 heterocycles. The molecule has 0 saturated carbocycles. The van der Waals surface area contributed by atoms with Crippen LogP contribution < -0.4 is 5.32 Å². The summed E-state index contributed by atoms with van der Waals surface area (Å²) in [5, 5.41) is 3.36. The molecule has 46 valence electrons. The van der Waals surface area contributed by atoms with Gasteiger partial charge < -0.3 is 5.32 Å². The molecule has 0 aromatic rings.